The maximum absolute atomic E-state index is 11.1. The predicted molar refractivity (Wildman–Crippen MR) is 69.7 cm³/mol. The highest BCUT2D eigenvalue weighted by atomic mass is 35.5. The quantitative estimate of drug-likeness (QED) is 0.283. The second-order valence-electron chi connectivity index (χ2n) is 2.88. The van der Waals surface area contributed by atoms with E-state index >= 15 is 0 Å². The molecule has 2 atom stereocenters. The van der Waals surface area contributed by atoms with Crippen LogP contribution in [0.3, 0.4) is 0 Å². The fourth-order valence-corrected chi connectivity index (χ4v) is 3.26. The van der Waals surface area contributed by atoms with E-state index in [-0.39, 0.29) is 0 Å². The van der Waals surface area contributed by atoms with Crippen LogP contribution >= 0.6 is 33.4 Å². The zero-order valence-electron chi connectivity index (χ0n) is 9.47. The van der Waals surface area contributed by atoms with Gasteiger partial charge in [0, 0.05) is 11.5 Å². The Morgan fingerprint density at radius 3 is 2.24 bits per heavy atom. The Morgan fingerprint density at radius 1 is 1.24 bits per heavy atom. The van der Waals surface area contributed by atoms with Gasteiger partial charge in [0.1, 0.15) is 12.1 Å². The van der Waals surface area contributed by atoms with Crippen molar-refractivity contribution in [2.45, 2.75) is 12.1 Å². The van der Waals surface area contributed by atoms with Crippen LogP contribution in [0, 0.1) is 0 Å². The van der Waals surface area contributed by atoms with E-state index in [1.807, 2.05) is 0 Å². The van der Waals surface area contributed by atoms with E-state index in [0.29, 0.717) is 11.5 Å². The molecule has 0 aliphatic carbocycles. The Kier molecular flexibility index (Phi) is 9.75. The van der Waals surface area contributed by atoms with Crippen LogP contribution in [0.1, 0.15) is 0 Å². The molecule has 0 amide bonds. The summed E-state index contributed by atoms with van der Waals surface area (Å²) in [5, 5.41) is 0. The van der Waals surface area contributed by atoms with Crippen LogP contribution in [-0.2, 0) is 19.1 Å². The summed E-state index contributed by atoms with van der Waals surface area (Å²) in [4.78, 5) is 24.4. The molecule has 0 saturated heterocycles. The largest absolute Gasteiger partial charge is 0.468 e. The van der Waals surface area contributed by atoms with E-state index < -0.39 is 24.0 Å². The van der Waals surface area contributed by atoms with Gasteiger partial charge in [0.2, 0.25) is 0 Å². The second kappa shape index (κ2) is 9.84. The molecular weight excluding hydrogens is 288 g/mol. The molecule has 0 spiro atoms. The van der Waals surface area contributed by atoms with E-state index in [1.165, 1.54) is 35.8 Å². The Labute approximate surface area is 113 Å². The number of esters is 2. The van der Waals surface area contributed by atoms with Crippen LogP contribution in [0.2, 0.25) is 0 Å². The molecule has 6 nitrogen and oxygen atoms in total. The SMILES string of the molecule is COC(=O)[C@H](CSSC[C@H](N)C(=O)OC)NCl. The fraction of sp³-hybridized carbons (Fsp3) is 0.750. The maximum atomic E-state index is 11.1. The third kappa shape index (κ3) is 6.99. The molecule has 0 unspecified atom stereocenters. The lowest BCUT2D eigenvalue weighted by Crippen LogP contribution is -2.35. The maximum Gasteiger partial charge on any atom is 0.325 e. The lowest BCUT2D eigenvalue weighted by molar-refractivity contribution is -0.142. The third-order valence-corrected chi connectivity index (χ3v) is 4.40. The van der Waals surface area contributed by atoms with Crippen LogP contribution in [0.5, 0.6) is 0 Å². The van der Waals surface area contributed by atoms with Gasteiger partial charge in [-0.05, 0) is 11.8 Å². The van der Waals surface area contributed by atoms with Crippen LogP contribution in [0.15, 0.2) is 0 Å². The average molecular weight is 303 g/mol. The fourth-order valence-electron chi connectivity index (χ4n) is 0.743. The zero-order chi connectivity index (χ0) is 13.3. The molecule has 17 heavy (non-hydrogen) atoms. The molecular formula is C8H15ClN2O4S2. The lowest BCUT2D eigenvalue weighted by Gasteiger charge is -2.12. The number of hydrogen-bond acceptors (Lipinski definition) is 8. The molecule has 0 heterocycles. The molecule has 0 radical (unpaired) electrons. The monoisotopic (exact) mass is 302 g/mol. The molecule has 0 bridgehead atoms. The van der Waals surface area contributed by atoms with Crippen molar-refractivity contribution in [2.75, 3.05) is 25.7 Å². The summed E-state index contributed by atoms with van der Waals surface area (Å²) in [6.07, 6.45) is 0. The number of nitrogens with two attached hydrogens (primary N) is 1. The van der Waals surface area contributed by atoms with E-state index in [9.17, 15) is 9.59 Å². The molecule has 0 aromatic carbocycles. The van der Waals surface area contributed by atoms with Crippen molar-refractivity contribution in [1.29, 1.82) is 0 Å². The summed E-state index contributed by atoms with van der Waals surface area (Å²) in [5.41, 5.74) is 5.52. The molecule has 0 aromatic rings. The molecule has 0 rings (SSSR count). The van der Waals surface area contributed by atoms with Crippen LogP contribution in [0.25, 0.3) is 0 Å². The third-order valence-electron chi connectivity index (χ3n) is 1.69. The molecule has 0 aromatic heterocycles. The first-order valence-electron chi connectivity index (χ1n) is 4.58. The molecule has 0 saturated carbocycles. The summed E-state index contributed by atoms with van der Waals surface area (Å²) in [7, 11) is 5.30. The highest BCUT2D eigenvalue weighted by Gasteiger charge is 2.19. The molecule has 0 fully saturated rings. The lowest BCUT2D eigenvalue weighted by atomic mass is 10.4. The first kappa shape index (κ1) is 16.9. The molecule has 9 heteroatoms. The van der Waals surface area contributed by atoms with Gasteiger partial charge in [0.05, 0.1) is 14.2 Å². The number of methoxy groups -OCH3 is 2. The topological polar surface area (TPSA) is 90.7 Å². The van der Waals surface area contributed by atoms with Crippen molar-refractivity contribution in [1.82, 2.24) is 4.84 Å². The number of rotatable bonds is 8. The van der Waals surface area contributed by atoms with E-state index in [4.69, 9.17) is 17.5 Å². The Balaban J connectivity index is 3.76. The number of carbonyl (C=O) groups is 2. The van der Waals surface area contributed by atoms with Gasteiger partial charge in [-0.2, -0.15) is 0 Å². The van der Waals surface area contributed by atoms with E-state index in [0.717, 1.165) is 0 Å². The predicted octanol–water partition coefficient (Wildman–Crippen LogP) is 0.153. The van der Waals surface area contributed by atoms with Gasteiger partial charge in [0.15, 0.2) is 0 Å². The zero-order valence-corrected chi connectivity index (χ0v) is 11.9. The number of halogens is 1. The summed E-state index contributed by atoms with van der Waals surface area (Å²) in [6.45, 7) is 0. The highest BCUT2D eigenvalue weighted by Crippen LogP contribution is 2.23. The summed E-state index contributed by atoms with van der Waals surface area (Å²) in [6, 6.07) is -1.26. The van der Waals surface area contributed by atoms with Crippen molar-refractivity contribution in [3.05, 3.63) is 0 Å². The van der Waals surface area contributed by atoms with Gasteiger partial charge < -0.3 is 15.2 Å². The van der Waals surface area contributed by atoms with E-state index in [1.54, 1.807) is 0 Å². The van der Waals surface area contributed by atoms with Crippen molar-refractivity contribution in [3.63, 3.8) is 0 Å². The Bertz CT molecular complexity index is 258. The first-order chi connectivity index (χ1) is 8.06. The number of hydrogen-bond donors (Lipinski definition) is 2. The van der Waals surface area contributed by atoms with Crippen molar-refractivity contribution in [2.24, 2.45) is 5.73 Å². The second-order valence-corrected chi connectivity index (χ2v) is 5.65. The van der Waals surface area contributed by atoms with Crippen molar-refractivity contribution in [3.8, 4) is 0 Å². The summed E-state index contributed by atoms with van der Waals surface area (Å²) in [5.74, 6) is -0.0918. The van der Waals surface area contributed by atoms with Crippen LogP contribution < -0.4 is 10.6 Å². The number of ether oxygens (including phenoxy) is 2. The smallest absolute Gasteiger partial charge is 0.325 e. The van der Waals surface area contributed by atoms with E-state index in [2.05, 4.69) is 14.3 Å². The molecule has 3 N–H and O–H groups in total. The molecule has 100 valence electrons. The Hall–Kier alpha value is -0.150. The Morgan fingerprint density at radius 2 is 1.76 bits per heavy atom. The minimum atomic E-state index is -0.668. The molecule has 0 aliphatic rings. The molecule has 0 aliphatic heterocycles. The highest BCUT2D eigenvalue weighted by molar-refractivity contribution is 8.76. The number of carbonyl (C=O) groups excluding carboxylic acids is 2. The van der Waals surface area contributed by atoms with Gasteiger partial charge in [0.25, 0.3) is 0 Å². The average Bonchev–Trinajstić information content (AvgIpc) is 2.36. The van der Waals surface area contributed by atoms with Gasteiger partial charge in [-0.15, -0.1) is 0 Å². The van der Waals surface area contributed by atoms with Gasteiger partial charge in [-0.3, -0.25) is 9.59 Å². The van der Waals surface area contributed by atoms with Crippen molar-refractivity contribution >= 4 is 45.3 Å². The standard InChI is InChI=1S/C8H15ClN2O4S2/c1-14-7(12)5(10)3-16-17-4-6(11-9)8(13)15-2/h5-6,11H,3-4,10H2,1-2H3/t5-,6-/m0/s1. The minimum Gasteiger partial charge on any atom is -0.468 e. The van der Waals surface area contributed by atoms with Gasteiger partial charge in [-0.25, -0.2) is 4.84 Å². The number of nitrogens with one attached hydrogen (secondary N) is 1. The normalized spacial score (nSPS) is 13.9. The van der Waals surface area contributed by atoms with Crippen LogP contribution in [0.4, 0.5) is 0 Å². The summed E-state index contributed by atoms with van der Waals surface area (Å²) >= 11 is 5.38. The first-order valence-corrected chi connectivity index (χ1v) is 7.45. The van der Waals surface area contributed by atoms with Gasteiger partial charge in [-0.1, -0.05) is 21.6 Å². The van der Waals surface area contributed by atoms with Crippen LogP contribution in [-0.4, -0.2) is 49.7 Å². The summed E-state index contributed by atoms with van der Waals surface area (Å²) < 4.78 is 9.00. The van der Waals surface area contributed by atoms with Crippen molar-refractivity contribution < 1.29 is 19.1 Å². The van der Waals surface area contributed by atoms with Gasteiger partial charge >= 0.3 is 11.9 Å². The minimum absolute atomic E-state index is 0.396.